The minimum atomic E-state index is -0.000124. The molecular formula is C58H62N6O8. The number of rotatable bonds is 18. The van der Waals surface area contributed by atoms with E-state index in [1.807, 2.05) is 79.7 Å². The van der Waals surface area contributed by atoms with Crippen molar-refractivity contribution in [2.45, 2.75) is 81.1 Å². The molecule has 0 bridgehead atoms. The molecule has 0 amide bonds. The lowest BCUT2D eigenvalue weighted by molar-refractivity contribution is 0.315. The Morgan fingerprint density at radius 3 is 0.736 bits per heavy atom. The Kier molecular flexibility index (Phi) is 17.2. The molecule has 8 aromatic rings. The summed E-state index contributed by atoms with van der Waals surface area (Å²) in [4.78, 5) is 28.1. The van der Waals surface area contributed by atoms with Gasteiger partial charge in [-0.1, -0.05) is 75.2 Å². The predicted molar refractivity (Wildman–Crippen MR) is 281 cm³/mol. The van der Waals surface area contributed by atoms with Crippen LogP contribution < -0.4 is 18.9 Å². The molecule has 0 fully saturated rings. The zero-order chi connectivity index (χ0) is 51.3. The van der Waals surface area contributed by atoms with E-state index >= 15 is 0 Å². The highest BCUT2D eigenvalue weighted by Gasteiger charge is 2.21. The first-order valence-corrected chi connectivity index (χ1v) is 24.3. The summed E-state index contributed by atoms with van der Waals surface area (Å²) in [6.07, 6.45) is 3.46. The lowest BCUT2D eigenvalue weighted by Gasteiger charge is -2.13. The zero-order valence-electron chi connectivity index (χ0n) is 42.2. The molecule has 0 aliphatic rings. The molecule has 14 heteroatoms. The van der Waals surface area contributed by atoms with E-state index in [2.05, 4.69) is 22.1 Å². The van der Waals surface area contributed by atoms with Gasteiger partial charge in [-0.25, -0.2) is 29.9 Å². The Hall–Kier alpha value is -8.26. The highest BCUT2D eigenvalue weighted by Crippen LogP contribution is 2.38. The highest BCUT2D eigenvalue weighted by molar-refractivity contribution is 5.75. The van der Waals surface area contributed by atoms with Crippen LogP contribution in [-0.2, 0) is 0 Å². The van der Waals surface area contributed by atoms with Crippen LogP contribution >= 0.6 is 0 Å². The smallest absolute Gasteiger partial charge is 0.167 e. The Morgan fingerprint density at radius 2 is 0.528 bits per heavy atom. The fraction of sp³-hybridized carbons (Fsp3) is 0.276. The molecule has 0 aliphatic carbocycles. The fourth-order valence-corrected chi connectivity index (χ4v) is 7.64. The second-order valence-electron chi connectivity index (χ2n) is 17.4. The maximum Gasteiger partial charge on any atom is 0.167 e. The summed E-state index contributed by atoms with van der Waals surface area (Å²) in [6.45, 7) is 18.4. The van der Waals surface area contributed by atoms with E-state index in [9.17, 15) is 20.4 Å². The van der Waals surface area contributed by atoms with Gasteiger partial charge in [0.25, 0.3) is 0 Å². The molecule has 372 valence electrons. The maximum absolute atomic E-state index is 10.8. The summed E-state index contributed by atoms with van der Waals surface area (Å²) < 4.78 is 22.5. The van der Waals surface area contributed by atoms with Crippen LogP contribution in [0.15, 0.2) is 109 Å². The standard InChI is InChI=1S/2C29H31N3O4/c2*1-5-13-35-20-8-11-23(25(33)16-20)28-30-27(22-10-7-18(3)15-19(22)4)31-29(32-28)24-12-9-21(17-26(24)34)36-14-6-2/h2*7-12,15-17,33-34H,5-6,13-14H2,1-4H3. The summed E-state index contributed by atoms with van der Waals surface area (Å²) in [5, 5.41) is 43.1. The Bertz CT molecular complexity index is 2800. The second-order valence-corrected chi connectivity index (χ2v) is 17.4. The first-order valence-electron chi connectivity index (χ1n) is 24.3. The van der Waals surface area contributed by atoms with Crippen LogP contribution in [0.5, 0.6) is 46.0 Å². The third-order valence-corrected chi connectivity index (χ3v) is 11.2. The van der Waals surface area contributed by atoms with Gasteiger partial charge in [-0.2, -0.15) is 0 Å². The number of hydrogen-bond acceptors (Lipinski definition) is 14. The molecule has 72 heavy (non-hydrogen) atoms. The molecule has 0 aliphatic heterocycles. The van der Waals surface area contributed by atoms with Gasteiger partial charge in [0.15, 0.2) is 34.9 Å². The van der Waals surface area contributed by atoms with Gasteiger partial charge >= 0.3 is 0 Å². The number of hydrogen-bond donors (Lipinski definition) is 4. The summed E-state index contributed by atoms with van der Waals surface area (Å²) in [6, 6.07) is 32.3. The topological polar surface area (TPSA) is 195 Å². The normalized spacial score (nSPS) is 10.9. The number of phenolic OH excluding ortho intramolecular Hbond substituents is 4. The largest absolute Gasteiger partial charge is 0.507 e. The van der Waals surface area contributed by atoms with Crippen LogP contribution in [0, 0.1) is 27.7 Å². The molecule has 14 nitrogen and oxygen atoms in total. The summed E-state index contributed by atoms with van der Waals surface area (Å²) >= 11 is 0. The molecule has 2 aromatic heterocycles. The zero-order valence-corrected chi connectivity index (χ0v) is 42.2. The van der Waals surface area contributed by atoms with Gasteiger partial charge in [0.2, 0.25) is 0 Å². The Balaban J connectivity index is 0.000000211. The Morgan fingerprint density at radius 1 is 0.306 bits per heavy atom. The van der Waals surface area contributed by atoms with E-state index in [-0.39, 0.29) is 23.0 Å². The molecule has 6 aromatic carbocycles. The first-order chi connectivity index (χ1) is 34.8. The van der Waals surface area contributed by atoms with Crippen molar-refractivity contribution in [2.24, 2.45) is 0 Å². The van der Waals surface area contributed by atoms with Crippen molar-refractivity contribution in [1.82, 2.24) is 29.9 Å². The van der Waals surface area contributed by atoms with Gasteiger partial charge in [-0.05, 0) is 113 Å². The minimum absolute atomic E-state index is 0.000124. The number of nitrogens with zero attached hydrogens (tertiary/aromatic N) is 6. The van der Waals surface area contributed by atoms with Crippen molar-refractivity contribution in [3.63, 3.8) is 0 Å². The van der Waals surface area contributed by atoms with E-state index in [0.29, 0.717) is 107 Å². The molecule has 0 spiro atoms. The number of aromatic hydroxyl groups is 4. The van der Waals surface area contributed by atoms with Crippen LogP contribution in [0.25, 0.3) is 68.3 Å². The van der Waals surface area contributed by atoms with Crippen LogP contribution in [0.1, 0.15) is 75.6 Å². The number of ether oxygens (including phenoxy) is 4. The van der Waals surface area contributed by atoms with Gasteiger partial charge in [0, 0.05) is 35.4 Å². The van der Waals surface area contributed by atoms with Gasteiger partial charge < -0.3 is 39.4 Å². The second kappa shape index (κ2) is 24.0. The van der Waals surface area contributed by atoms with E-state index < -0.39 is 0 Å². The summed E-state index contributed by atoms with van der Waals surface area (Å²) in [7, 11) is 0. The van der Waals surface area contributed by atoms with Gasteiger partial charge in [-0.3, -0.25) is 0 Å². The SMILES string of the molecule is CCCOc1ccc(-c2nc(-c3ccc(C)cc3C)nc(-c3ccc(OCCC)cc3O)n2)c(O)c1.CCCOc1ccc(-c2nc(-c3ccc(C)cc3C)nc(-c3ccc(OCCC)cc3O)n2)c(O)c1. The number of phenols is 4. The van der Waals surface area contributed by atoms with Crippen LogP contribution in [-0.4, -0.2) is 76.8 Å². The van der Waals surface area contributed by atoms with Gasteiger partial charge in [-0.15, -0.1) is 0 Å². The summed E-state index contributed by atoms with van der Waals surface area (Å²) in [5.74, 6) is 4.35. The van der Waals surface area contributed by atoms with E-state index in [4.69, 9.17) is 38.9 Å². The molecule has 0 saturated carbocycles. The average molecular weight is 971 g/mol. The highest BCUT2D eigenvalue weighted by atomic mass is 16.5. The number of benzene rings is 6. The molecule has 4 N–H and O–H groups in total. The maximum atomic E-state index is 10.8. The minimum Gasteiger partial charge on any atom is -0.507 e. The fourth-order valence-electron chi connectivity index (χ4n) is 7.64. The lowest BCUT2D eigenvalue weighted by atomic mass is 10.0. The monoisotopic (exact) mass is 970 g/mol. The van der Waals surface area contributed by atoms with Crippen molar-refractivity contribution in [1.29, 1.82) is 0 Å². The molecular weight excluding hydrogens is 909 g/mol. The molecule has 0 atom stereocenters. The van der Waals surface area contributed by atoms with Crippen molar-refractivity contribution in [2.75, 3.05) is 26.4 Å². The summed E-state index contributed by atoms with van der Waals surface area (Å²) in [5.41, 5.74) is 7.73. The molecule has 0 radical (unpaired) electrons. The molecule has 0 saturated heterocycles. The molecule has 2 heterocycles. The van der Waals surface area contributed by atoms with E-state index in [0.717, 1.165) is 59.1 Å². The van der Waals surface area contributed by atoms with Crippen molar-refractivity contribution in [3.8, 4) is 114 Å². The average Bonchev–Trinajstić information content (AvgIpc) is 3.36. The van der Waals surface area contributed by atoms with Crippen molar-refractivity contribution < 1.29 is 39.4 Å². The van der Waals surface area contributed by atoms with Gasteiger partial charge in [0.05, 0.1) is 48.7 Å². The van der Waals surface area contributed by atoms with E-state index in [1.165, 1.54) is 0 Å². The predicted octanol–water partition coefficient (Wildman–Crippen LogP) is 13.0. The van der Waals surface area contributed by atoms with E-state index in [1.54, 1.807) is 72.8 Å². The van der Waals surface area contributed by atoms with Crippen LogP contribution in [0.3, 0.4) is 0 Å². The van der Waals surface area contributed by atoms with Crippen LogP contribution in [0.2, 0.25) is 0 Å². The third kappa shape index (κ3) is 12.7. The van der Waals surface area contributed by atoms with Crippen LogP contribution in [0.4, 0.5) is 0 Å². The third-order valence-electron chi connectivity index (χ3n) is 11.2. The number of aryl methyl sites for hydroxylation is 4. The quantitative estimate of drug-likeness (QED) is 0.0634. The molecule has 0 unspecified atom stereocenters. The lowest BCUT2D eigenvalue weighted by Crippen LogP contribution is -2.02. The first kappa shape index (κ1) is 51.6. The van der Waals surface area contributed by atoms with Crippen molar-refractivity contribution in [3.05, 3.63) is 131 Å². The molecule has 8 rings (SSSR count). The number of aromatic nitrogens is 6. The van der Waals surface area contributed by atoms with Crippen molar-refractivity contribution >= 4 is 0 Å². The van der Waals surface area contributed by atoms with Gasteiger partial charge in [0.1, 0.15) is 46.0 Å². The Labute approximate surface area is 421 Å².